The van der Waals surface area contributed by atoms with Crippen LogP contribution in [0.15, 0.2) is 60.7 Å². The molecule has 2 aliphatic rings. The number of carboxylic acids is 1. The van der Waals surface area contributed by atoms with Gasteiger partial charge in [0, 0.05) is 12.5 Å². The van der Waals surface area contributed by atoms with Crippen LogP contribution in [0.2, 0.25) is 0 Å². The second kappa shape index (κ2) is 9.71. The summed E-state index contributed by atoms with van der Waals surface area (Å²) in [7, 11) is 0. The Kier molecular flexibility index (Phi) is 6.72. The average molecular weight is 463 g/mol. The van der Waals surface area contributed by atoms with E-state index in [9.17, 15) is 19.5 Å². The zero-order valence-electron chi connectivity index (χ0n) is 19.4. The molecule has 34 heavy (non-hydrogen) atoms. The molecule has 2 aromatic carbocycles. The fourth-order valence-corrected chi connectivity index (χ4v) is 4.53. The monoisotopic (exact) mass is 462 g/mol. The summed E-state index contributed by atoms with van der Waals surface area (Å²) in [4.78, 5) is 36.1. The van der Waals surface area contributed by atoms with Gasteiger partial charge >= 0.3 is 12.1 Å². The topological polar surface area (TPSA) is 105 Å². The van der Waals surface area contributed by atoms with Crippen LogP contribution in [-0.2, 0) is 14.3 Å². The average Bonchev–Trinajstić information content (AvgIpc) is 3.40. The molecule has 0 fully saturated rings. The molecule has 2 aliphatic carbocycles. The Morgan fingerprint density at radius 1 is 1.00 bits per heavy atom. The molecule has 2 atom stereocenters. The Bertz CT molecular complexity index is 1080. The maximum atomic E-state index is 12.5. The number of alkyl carbamates (subject to hydrolysis) is 1. The minimum absolute atomic E-state index is 0.00847. The van der Waals surface area contributed by atoms with Gasteiger partial charge in [-0.2, -0.15) is 0 Å². The van der Waals surface area contributed by atoms with E-state index in [1.807, 2.05) is 24.3 Å². The molecule has 0 saturated heterocycles. The van der Waals surface area contributed by atoms with E-state index < -0.39 is 17.5 Å². The van der Waals surface area contributed by atoms with Gasteiger partial charge in [-0.05, 0) is 48.9 Å². The summed E-state index contributed by atoms with van der Waals surface area (Å²) in [6, 6.07) is 16.0. The first kappa shape index (κ1) is 23.5. The third-order valence-corrected chi connectivity index (χ3v) is 6.70. The van der Waals surface area contributed by atoms with E-state index in [1.54, 1.807) is 26.0 Å². The summed E-state index contributed by atoms with van der Waals surface area (Å²) < 4.78 is 5.58. The fourth-order valence-electron chi connectivity index (χ4n) is 4.53. The number of nitrogens with one attached hydrogen (secondary N) is 2. The molecule has 3 N–H and O–H groups in total. The Morgan fingerprint density at radius 3 is 2.24 bits per heavy atom. The third kappa shape index (κ3) is 4.98. The van der Waals surface area contributed by atoms with E-state index in [0.717, 1.165) is 11.1 Å². The standard InChI is InChI=1S/C27H30N2O5/c1-27(2,25(31)32)13-14-28-24(30)17-11-12-18(15-17)29-26(33)34-16-23-21-9-5-3-7-19(21)20-8-4-6-10-22(20)23/h3-12,17-18,23H,13-16H2,1-2H3,(H,28,30)(H,29,33)(H,31,32). The first-order chi connectivity index (χ1) is 16.3. The molecule has 0 heterocycles. The normalized spacial score (nSPS) is 18.8. The van der Waals surface area contributed by atoms with Crippen LogP contribution in [0.3, 0.4) is 0 Å². The highest BCUT2D eigenvalue weighted by Crippen LogP contribution is 2.44. The highest BCUT2D eigenvalue weighted by molar-refractivity contribution is 5.82. The lowest BCUT2D eigenvalue weighted by molar-refractivity contribution is -0.147. The fraction of sp³-hybridized carbons (Fsp3) is 0.370. The number of aliphatic carboxylic acids is 1. The zero-order chi connectivity index (χ0) is 24.3. The first-order valence-electron chi connectivity index (χ1n) is 11.6. The van der Waals surface area contributed by atoms with Crippen LogP contribution in [0.1, 0.15) is 43.7 Å². The maximum Gasteiger partial charge on any atom is 0.407 e. The summed E-state index contributed by atoms with van der Waals surface area (Å²) in [5.74, 6) is -1.44. The van der Waals surface area contributed by atoms with Gasteiger partial charge in [-0.3, -0.25) is 9.59 Å². The Labute approximate surface area is 199 Å². The number of hydrogen-bond donors (Lipinski definition) is 3. The molecule has 0 radical (unpaired) electrons. The van der Waals surface area contributed by atoms with Crippen molar-refractivity contribution in [2.24, 2.45) is 11.3 Å². The molecule has 0 bridgehead atoms. The molecular formula is C27H30N2O5. The Hall–Kier alpha value is -3.61. The minimum Gasteiger partial charge on any atom is -0.481 e. The van der Waals surface area contributed by atoms with Crippen molar-refractivity contribution in [1.29, 1.82) is 0 Å². The molecule has 7 nitrogen and oxygen atoms in total. The van der Waals surface area contributed by atoms with Crippen molar-refractivity contribution in [3.63, 3.8) is 0 Å². The highest BCUT2D eigenvalue weighted by Gasteiger charge is 2.31. The smallest absolute Gasteiger partial charge is 0.407 e. The largest absolute Gasteiger partial charge is 0.481 e. The van der Waals surface area contributed by atoms with E-state index in [4.69, 9.17) is 4.74 Å². The van der Waals surface area contributed by atoms with E-state index in [0.29, 0.717) is 12.8 Å². The number of carbonyl (C=O) groups excluding carboxylic acids is 2. The number of hydrogen-bond acceptors (Lipinski definition) is 4. The lowest BCUT2D eigenvalue weighted by Crippen LogP contribution is -2.37. The molecule has 178 valence electrons. The first-order valence-corrected chi connectivity index (χ1v) is 11.6. The van der Waals surface area contributed by atoms with Crippen LogP contribution in [-0.4, -0.2) is 42.3 Å². The molecule has 0 spiro atoms. The van der Waals surface area contributed by atoms with E-state index in [-0.39, 0.29) is 36.9 Å². The molecular weight excluding hydrogens is 432 g/mol. The zero-order valence-corrected chi connectivity index (χ0v) is 19.4. The van der Waals surface area contributed by atoms with Gasteiger partial charge in [-0.1, -0.05) is 60.7 Å². The van der Waals surface area contributed by atoms with Crippen molar-refractivity contribution in [1.82, 2.24) is 10.6 Å². The number of carbonyl (C=O) groups is 3. The molecule has 0 aromatic heterocycles. The van der Waals surface area contributed by atoms with Gasteiger partial charge in [0.15, 0.2) is 0 Å². The number of amides is 2. The van der Waals surface area contributed by atoms with Gasteiger partial charge in [0.2, 0.25) is 5.91 Å². The molecule has 2 unspecified atom stereocenters. The van der Waals surface area contributed by atoms with Crippen molar-refractivity contribution in [2.75, 3.05) is 13.2 Å². The van der Waals surface area contributed by atoms with Gasteiger partial charge in [0.1, 0.15) is 6.61 Å². The van der Waals surface area contributed by atoms with Crippen molar-refractivity contribution >= 4 is 18.0 Å². The van der Waals surface area contributed by atoms with Crippen molar-refractivity contribution in [3.8, 4) is 11.1 Å². The Morgan fingerprint density at radius 2 is 1.62 bits per heavy atom. The highest BCUT2D eigenvalue weighted by atomic mass is 16.5. The van der Waals surface area contributed by atoms with E-state index >= 15 is 0 Å². The van der Waals surface area contributed by atoms with Crippen LogP contribution in [0.5, 0.6) is 0 Å². The van der Waals surface area contributed by atoms with Crippen LogP contribution in [0.4, 0.5) is 4.79 Å². The number of rotatable bonds is 8. The summed E-state index contributed by atoms with van der Waals surface area (Å²) in [6.07, 6.45) is 3.84. The molecule has 0 saturated carbocycles. The SMILES string of the molecule is CC(C)(CCNC(=O)C1C=CC(NC(=O)OCC2c3ccccc3-c3ccccc32)C1)C(=O)O. The second-order valence-electron chi connectivity index (χ2n) is 9.53. The van der Waals surface area contributed by atoms with E-state index in [1.165, 1.54) is 11.1 Å². The molecule has 0 aliphatic heterocycles. The summed E-state index contributed by atoms with van der Waals surface area (Å²) in [5, 5.41) is 14.8. The predicted molar refractivity (Wildman–Crippen MR) is 128 cm³/mol. The quantitative estimate of drug-likeness (QED) is 0.513. The van der Waals surface area contributed by atoms with Gasteiger partial charge < -0.3 is 20.5 Å². The summed E-state index contributed by atoms with van der Waals surface area (Å²) >= 11 is 0. The summed E-state index contributed by atoms with van der Waals surface area (Å²) in [5.41, 5.74) is 3.76. The van der Waals surface area contributed by atoms with E-state index in [2.05, 4.69) is 34.9 Å². The summed E-state index contributed by atoms with van der Waals surface area (Å²) in [6.45, 7) is 3.78. The third-order valence-electron chi connectivity index (χ3n) is 6.70. The second-order valence-corrected chi connectivity index (χ2v) is 9.53. The molecule has 7 heteroatoms. The van der Waals surface area contributed by atoms with Gasteiger partial charge in [-0.15, -0.1) is 0 Å². The lowest BCUT2D eigenvalue weighted by atomic mass is 9.89. The number of carboxylic acid groups (broad SMARTS) is 1. The van der Waals surface area contributed by atoms with Crippen LogP contribution < -0.4 is 10.6 Å². The number of benzene rings is 2. The van der Waals surface area contributed by atoms with Crippen LogP contribution in [0.25, 0.3) is 11.1 Å². The van der Waals surface area contributed by atoms with Crippen LogP contribution in [0, 0.1) is 11.3 Å². The van der Waals surface area contributed by atoms with Crippen molar-refractivity contribution < 1.29 is 24.2 Å². The maximum absolute atomic E-state index is 12.5. The number of ether oxygens (including phenoxy) is 1. The molecule has 2 amide bonds. The van der Waals surface area contributed by atoms with Gasteiger partial charge in [0.05, 0.1) is 17.4 Å². The van der Waals surface area contributed by atoms with Gasteiger partial charge in [-0.25, -0.2) is 4.79 Å². The molecule has 4 rings (SSSR count). The predicted octanol–water partition coefficient (Wildman–Crippen LogP) is 4.09. The lowest BCUT2D eigenvalue weighted by Gasteiger charge is -2.20. The van der Waals surface area contributed by atoms with Crippen LogP contribution >= 0.6 is 0 Å². The van der Waals surface area contributed by atoms with Crippen molar-refractivity contribution in [3.05, 3.63) is 71.8 Å². The van der Waals surface area contributed by atoms with Crippen molar-refractivity contribution in [2.45, 2.75) is 38.6 Å². The van der Waals surface area contributed by atoms with Gasteiger partial charge in [0.25, 0.3) is 0 Å². The minimum atomic E-state index is -0.896. The number of fused-ring (bicyclic) bond motifs is 3. The molecule has 2 aromatic rings. The Balaban J connectivity index is 1.25.